The number of H-pyrrole nitrogens is 1. The number of nitrogens with zero attached hydrogens (tertiary/aromatic N) is 1. The number of hydrogen-bond donors (Lipinski definition) is 3. The highest BCUT2D eigenvalue weighted by Gasteiger charge is 2.10. The summed E-state index contributed by atoms with van der Waals surface area (Å²) < 4.78 is 6.72. The summed E-state index contributed by atoms with van der Waals surface area (Å²) in [5.74, 6) is 0.466. The lowest BCUT2D eigenvalue weighted by atomic mass is 9.80. The van der Waals surface area contributed by atoms with Crippen molar-refractivity contribution in [3.05, 3.63) is 57.4 Å². The van der Waals surface area contributed by atoms with Gasteiger partial charge in [0.1, 0.15) is 12.4 Å². The lowest BCUT2D eigenvalue weighted by Gasteiger charge is -2.08. The highest BCUT2D eigenvalue weighted by atomic mass is 16.5. The van der Waals surface area contributed by atoms with E-state index >= 15 is 0 Å². The van der Waals surface area contributed by atoms with E-state index < -0.39 is 18.4 Å². The Kier molecular flexibility index (Phi) is 4.39. The Morgan fingerprint density at radius 3 is 2.75 bits per heavy atom. The molecule has 2 aromatic rings. The van der Waals surface area contributed by atoms with Crippen molar-refractivity contribution in [2.24, 2.45) is 0 Å². The second-order valence-corrected chi connectivity index (χ2v) is 4.10. The summed E-state index contributed by atoms with van der Waals surface area (Å²) in [7, 11) is -1.56. The number of nitrogens with one attached hydrogen (secondary N) is 1. The predicted molar refractivity (Wildman–Crippen MR) is 73.1 cm³/mol. The summed E-state index contributed by atoms with van der Waals surface area (Å²) in [6.45, 7) is 0.471. The first kappa shape index (κ1) is 14.1. The maximum atomic E-state index is 11.4. The molecule has 1 heterocycles. The lowest BCUT2D eigenvalue weighted by Crippen LogP contribution is -2.30. The zero-order valence-corrected chi connectivity index (χ0v) is 10.5. The molecule has 0 radical (unpaired) electrons. The number of benzene rings is 1. The van der Waals surface area contributed by atoms with Gasteiger partial charge in [0.15, 0.2) is 0 Å². The van der Waals surface area contributed by atoms with Gasteiger partial charge in [0.2, 0.25) is 0 Å². The van der Waals surface area contributed by atoms with Gasteiger partial charge in [-0.15, -0.1) is 0 Å². The van der Waals surface area contributed by atoms with Crippen LogP contribution >= 0.6 is 0 Å². The summed E-state index contributed by atoms with van der Waals surface area (Å²) in [5, 5.41) is 18.1. The topological polar surface area (TPSA) is 105 Å². The van der Waals surface area contributed by atoms with Crippen LogP contribution in [-0.2, 0) is 6.54 Å². The van der Waals surface area contributed by atoms with E-state index in [1.807, 2.05) is 0 Å². The summed E-state index contributed by atoms with van der Waals surface area (Å²) in [4.78, 5) is 24.4. The third kappa shape index (κ3) is 3.59. The molecule has 20 heavy (non-hydrogen) atoms. The van der Waals surface area contributed by atoms with Gasteiger partial charge in [-0.3, -0.25) is 14.3 Å². The molecule has 0 aliphatic carbocycles. The standard InChI is InChI=1S/C12H13BN2O5/c16-11-4-5-15(12(17)14-11)6-7-20-10-3-1-2-9(8-10)13(18)19/h1-5,8,18-19H,6-7H2,(H,14,16,17). The monoisotopic (exact) mass is 276 g/mol. The van der Waals surface area contributed by atoms with E-state index in [1.165, 1.54) is 22.9 Å². The first-order valence-corrected chi connectivity index (χ1v) is 5.95. The van der Waals surface area contributed by atoms with Gasteiger partial charge in [0, 0.05) is 12.3 Å². The number of rotatable bonds is 5. The maximum Gasteiger partial charge on any atom is 0.488 e. The van der Waals surface area contributed by atoms with Gasteiger partial charge in [-0.2, -0.15) is 0 Å². The van der Waals surface area contributed by atoms with E-state index in [0.29, 0.717) is 11.2 Å². The van der Waals surface area contributed by atoms with E-state index in [-0.39, 0.29) is 13.2 Å². The molecule has 0 fully saturated rings. The van der Waals surface area contributed by atoms with Crippen molar-refractivity contribution in [2.45, 2.75) is 6.54 Å². The second kappa shape index (κ2) is 6.22. The van der Waals surface area contributed by atoms with Crippen molar-refractivity contribution in [3.8, 4) is 5.75 Å². The third-order valence-electron chi connectivity index (χ3n) is 2.65. The molecule has 8 heteroatoms. The van der Waals surface area contributed by atoms with Crippen LogP contribution in [0.4, 0.5) is 0 Å². The smallest absolute Gasteiger partial charge is 0.488 e. The Bertz CT molecular complexity index is 694. The molecule has 0 amide bonds. The quantitative estimate of drug-likeness (QED) is 0.564. The zero-order chi connectivity index (χ0) is 14.5. The molecular weight excluding hydrogens is 263 g/mol. The molecular formula is C12H13BN2O5. The van der Waals surface area contributed by atoms with Gasteiger partial charge in [0.05, 0.1) is 6.54 Å². The zero-order valence-electron chi connectivity index (χ0n) is 10.5. The summed E-state index contributed by atoms with van der Waals surface area (Å²) in [6, 6.07) is 7.62. The van der Waals surface area contributed by atoms with Gasteiger partial charge >= 0.3 is 12.8 Å². The molecule has 2 rings (SSSR count). The number of aromatic amines is 1. The van der Waals surface area contributed by atoms with Crippen LogP contribution in [0.5, 0.6) is 5.75 Å². The minimum absolute atomic E-state index is 0.205. The Morgan fingerprint density at radius 1 is 1.25 bits per heavy atom. The van der Waals surface area contributed by atoms with Crippen LogP contribution in [-0.4, -0.2) is 33.3 Å². The van der Waals surface area contributed by atoms with E-state index in [9.17, 15) is 9.59 Å². The van der Waals surface area contributed by atoms with E-state index in [2.05, 4.69) is 4.98 Å². The molecule has 1 aromatic heterocycles. The molecule has 0 aliphatic heterocycles. The number of ether oxygens (including phenoxy) is 1. The molecule has 0 aliphatic rings. The van der Waals surface area contributed by atoms with Crippen LogP contribution in [0.15, 0.2) is 46.1 Å². The summed E-state index contributed by atoms with van der Waals surface area (Å²) in [6.07, 6.45) is 1.39. The van der Waals surface area contributed by atoms with E-state index in [1.54, 1.807) is 18.2 Å². The highest BCUT2D eigenvalue weighted by molar-refractivity contribution is 6.58. The van der Waals surface area contributed by atoms with E-state index in [4.69, 9.17) is 14.8 Å². The van der Waals surface area contributed by atoms with Crippen LogP contribution in [0.1, 0.15) is 0 Å². The second-order valence-electron chi connectivity index (χ2n) is 4.10. The van der Waals surface area contributed by atoms with Crippen LogP contribution < -0.4 is 21.4 Å². The van der Waals surface area contributed by atoms with Gasteiger partial charge < -0.3 is 14.8 Å². The Hall–Kier alpha value is -2.32. The molecule has 0 bridgehead atoms. The first-order valence-electron chi connectivity index (χ1n) is 5.95. The molecule has 0 atom stereocenters. The highest BCUT2D eigenvalue weighted by Crippen LogP contribution is 2.07. The molecule has 0 unspecified atom stereocenters. The molecule has 3 N–H and O–H groups in total. The maximum absolute atomic E-state index is 11.4. The number of aromatic nitrogens is 2. The van der Waals surface area contributed by atoms with Gasteiger partial charge in [-0.05, 0) is 17.6 Å². The number of hydrogen-bond acceptors (Lipinski definition) is 5. The van der Waals surface area contributed by atoms with Crippen molar-refractivity contribution in [1.82, 2.24) is 9.55 Å². The SMILES string of the molecule is O=c1ccn(CCOc2cccc(B(O)O)c2)c(=O)[nH]1. The molecule has 104 valence electrons. The van der Waals surface area contributed by atoms with Crippen molar-refractivity contribution in [3.63, 3.8) is 0 Å². The van der Waals surface area contributed by atoms with Crippen molar-refractivity contribution in [2.75, 3.05) is 6.61 Å². The fraction of sp³-hybridized carbons (Fsp3) is 0.167. The van der Waals surface area contributed by atoms with E-state index in [0.717, 1.165) is 0 Å². The molecule has 7 nitrogen and oxygen atoms in total. The summed E-state index contributed by atoms with van der Waals surface area (Å²) >= 11 is 0. The Labute approximate surface area is 114 Å². The van der Waals surface area contributed by atoms with Crippen molar-refractivity contribution in [1.29, 1.82) is 0 Å². The van der Waals surface area contributed by atoms with Gasteiger partial charge in [-0.25, -0.2) is 4.79 Å². The lowest BCUT2D eigenvalue weighted by molar-refractivity contribution is 0.295. The summed E-state index contributed by atoms with van der Waals surface area (Å²) in [5.41, 5.74) is -0.624. The van der Waals surface area contributed by atoms with Crippen LogP contribution in [0, 0.1) is 0 Å². The largest absolute Gasteiger partial charge is 0.492 e. The van der Waals surface area contributed by atoms with Gasteiger partial charge in [0.25, 0.3) is 5.56 Å². The average Bonchev–Trinajstić information content (AvgIpc) is 2.41. The van der Waals surface area contributed by atoms with Crippen LogP contribution in [0.3, 0.4) is 0 Å². The fourth-order valence-electron chi connectivity index (χ4n) is 1.65. The minimum atomic E-state index is -1.56. The molecule has 0 saturated heterocycles. The van der Waals surface area contributed by atoms with Crippen molar-refractivity contribution < 1.29 is 14.8 Å². The fourth-order valence-corrected chi connectivity index (χ4v) is 1.65. The normalized spacial score (nSPS) is 10.3. The first-order chi connectivity index (χ1) is 9.56. The third-order valence-corrected chi connectivity index (χ3v) is 2.65. The molecule has 0 spiro atoms. The van der Waals surface area contributed by atoms with Crippen LogP contribution in [0.25, 0.3) is 0 Å². The predicted octanol–water partition coefficient (Wildman–Crippen LogP) is -1.70. The minimum Gasteiger partial charge on any atom is -0.492 e. The molecule has 0 saturated carbocycles. The van der Waals surface area contributed by atoms with Crippen molar-refractivity contribution >= 4 is 12.6 Å². The van der Waals surface area contributed by atoms with Gasteiger partial charge in [-0.1, -0.05) is 12.1 Å². The average molecular weight is 276 g/mol. The molecule has 1 aromatic carbocycles. The Balaban J connectivity index is 1.97. The Morgan fingerprint density at radius 2 is 2.05 bits per heavy atom. The van der Waals surface area contributed by atoms with Crippen LogP contribution in [0.2, 0.25) is 0 Å².